The minimum Gasteiger partial charge on any atom is -0.506 e. The SMILES string of the molecule is OCCN(CCO)c1ccccc1O. The van der Waals surface area contributed by atoms with Gasteiger partial charge in [0.05, 0.1) is 18.9 Å². The Morgan fingerprint density at radius 1 is 1.00 bits per heavy atom. The summed E-state index contributed by atoms with van der Waals surface area (Å²) in [6, 6.07) is 6.86. The number of para-hydroxylation sites is 2. The van der Waals surface area contributed by atoms with Crippen LogP contribution in [-0.2, 0) is 0 Å². The Morgan fingerprint density at radius 2 is 1.57 bits per heavy atom. The van der Waals surface area contributed by atoms with Crippen molar-refractivity contribution in [1.29, 1.82) is 0 Å². The lowest BCUT2D eigenvalue weighted by Gasteiger charge is -2.23. The van der Waals surface area contributed by atoms with Crippen molar-refractivity contribution in [3.05, 3.63) is 24.3 Å². The molecule has 4 nitrogen and oxygen atoms in total. The number of aliphatic hydroxyl groups excluding tert-OH is 2. The molecule has 0 unspecified atom stereocenters. The Balaban J connectivity index is 2.81. The standard InChI is InChI=1S/C10H15NO3/c12-7-5-11(6-8-13)9-3-1-2-4-10(9)14/h1-4,12-14H,5-8H2. The molecule has 14 heavy (non-hydrogen) atoms. The van der Waals surface area contributed by atoms with Crippen molar-refractivity contribution in [2.75, 3.05) is 31.2 Å². The number of aromatic hydroxyl groups is 1. The van der Waals surface area contributed by atoms with Crippen LogP contribution in [0.5, 0.6) is 5.75 Å². The van der Waals surface area contributed by atoms with Crippen LogP contribution in [0.25, 0.3) is 0 Å². The lowest BCUT2D eigenvalue weighted by molar-refractivity contribution is 0.280. The number of benzene rings is 1. The zero-order chi connectivity index (χ0) is 10.4. The first-order valence-electron chi connectivity index (χ1n) is 4.54. The first-order valence-corrected chi connectivity index (χ1v) is 4.54. The number of anilines is 1. The summed E-state index contributed by atoms with van der Waals surface area (Å²) in [5.74, 6) is 0.161. The normalized spacial score (nSPS) is 10.1. The monoisotopic (exact) mass is 197 g/mol. The molecule has 0 fully saturated rings. The largest absolute Gasteiger partial charge is 0.506 e. The van der Waals surface area contributed by atoms with E-state index < -0.39 is 0 Å². The third kappa shape index (κ3) is 2.61. The highest BCUT2D eigenvalue weighted by Gasteiger charge is 2.08. The van der Waals surface area contributed by atoms with Gasteiger partial charge in [-0.2, -0.15) is 0 Å². The second-order valence-electron chi connectivity index (χ2n) is 2.92. The van der Waals surface area contributed by atoms with Gasteiger partial charge >= 0.3 is 0 Å². The number of rotatable bonds is 5. The molecule has 0 spiro atoms. The summed E-state index contributed by atoms with van der Waals surface area (Å²) >= 11 is 0. The van der Waals surface area contributed by atoms with Crippen molar-refractivity contribution in [2.45, 2.75) is 0 Å². The third-order valence-electron chi connectivity index (χ3n) is 1.96. The average Bonchev–Trinajstić information content (AvgIpc) is 2.18. The van der Waals surface area contributed by atoms with Crippen molar-refractivity contribution in [2.24, 2.45) is 0 Å². The summed E-state index contributed by atoms with van der Waals surface area (Å²) in [6.45, 7) is 0.791. The van der Waals surface area contributed by atoms with Gasteiger partial charge in [0.1, 0.15) is 5.75 Å². The van der Waals surface area contributed by atoms with Crippen molar-refractivity contribution < 1.29 is 15.3 Å². The second-order valence-corrected chi connectivity index (χ2v) is 2.92. The smallest absolute Gasteiger partial charge is 0.138 e. The van der Waals surface area contributed by atoms with Crippen LogP contribution >= 0.6 is 0 Å². The molecule has 0 radical (unpaired) electrons. The Kier molecular flexibility index (Phi) is 4.22. The molecule has 0 aliphatic carbocycles. The van der Waals surface area contributed by atoms with Crippen LogP contribution < -0.4 is 4.90 Å². The molecule has 0 atom stereocenters. The fourth-order valence-electron chi connectivity index (χ4n) is 1.33. The molecule has 0 aliphatic heterocycles. The highest BCUT2D eigenvalue weighted by Crippen LogP contribution is 2.25. The molecule has 0 saturated carbocycles. The van der Waals surface area contributed by atoms with E-state index in [2.05, 4.69) is 0 Å². The number of hydrogen-bond donors (Lipinski definition) is 3. The van der Waals surface area contributed by atoms with E-state index in [0.29, 0.717) is 18.8 Å². The third-order valence-corrected chi connectivity index (χ3v) is 1.96. The number of nitrogens with zero attached hydrogens (tertiary/aromatic N) is 1. The molecule has 0 aliphatic rings. The molecular formula is C10H15NO3. The minimum absolute atomic E-state index is 0.00562. The predicted molar refractivity (Wildman–Crippen MR) is 54.5 cm³/mol. The minimum atomic E-state index is -0.00562. The van der Waals surface area contributed by atoms with Crippen molar-refractivity contribution >= 4 is 5.69 Å². The Morgan fingerprint density at radius 3 is 2.07 bits per heavy atom. The van der Waals surface area contributed by atoms with Gasteiger partial charge < -0.3 is 20.2 Å². The summed E-state index contributed by atoms with van der Waals surface area (Å²) in [5.41, 5.74) is 0.635. The van der Waals surface area contributed by atoms with E-state index in [4.69, 9.17) is 10.2 Å². The second kappa shape index (κ2) is 5.47. The van der Waals surface area contributed by atoms with Gasteiger partial charge in [-0.05, 0) is 12.1 Å². The van der Waals surface area contributed by atoms with Crippen LogP contribution in [0.3, 0.4) is 0 Å². The van der Waals surface area contributed by atoms with E-state index in [1.165, 1.54) is 0 Å². The van der Waals surface area contributed by atoms with Crippen LogP contribution in [0.4, 0.5) is 5.69 Å². The van der Waals surface area contributed by atoms with Crippen LogP contribution in [0.15, 0.2) is 24.3 Å². The van der Waals surface area contributed by atoms with Crippen LogP contribution in [-0.4, -0.2) is 41.6 Å². The molecule has 0 bridgehead atoms. The molecule has 3 N–H and O–H groups in total. The average molecular weight is 197 g/mol. The zero-order valence-electron chi connectivity index (χ0n) is 7.93. The van der Waals surface area contributed by atoms with Gasteiger partial charge in [-0.3, -0.25) is 0 Å². The Bertz CT molecular complexity index is 272. The molecule has 1 rings (SSSR count). The van der Waals surface area contributed by atoms with E-state index in [1.807, 2.05) is 0 Å². The van der Waals surface area contributed by atoms with E-state index in [0.717, 1.165) is 0 Å². The van der Waals surface area contributed by atoms with E-state index in [-0.39, 0.29) is 19.0 Å². The lowest BCUT2D eigenvalue weighted by atomic mass is 10.2. The van der Waals surface area contributed by atoms with Gasteiger partial charge in [0.25, 0.3) is 0 Å². The summed E-state index contributed by atoms with van der Waals surface area (Å²) < 4.78 is 0. The molecule has 0 saturated heterocycles. The fraction of sp³-hybridized carbons (Fsp3) is 0.400. The maximum Gasteiger partial charge on any atom is 0.138 e. The molecular weight excluding hydrogens is 182 g/mol. The van der Waals surface area contributed by atoms with Crippen molar-refractivity contribution in [1.82, 2.24) is 0 Å². The maximum atomic E-state index is 9.53. The topological polar surface area (TPSA) is 63.9 Å². The van der Waals surface area contributed by atoms with E-state index in [9.17, 15) is 5.11 Å². The van der Waals surface area contributed by atoms with Crippen LogP contribution in [0, 0.1) is 0 Å². The lowest BCUT2D eigenvalue weighted by Crippen LogP contribution is -2.29. The number of aliphatic hydroxyl groups is 2. The highest BCUT2D eigenvalue weighted by atomic mass is 16.3. The quantitative estimate of drug-likeness (QED) is 0.630. The van der Waals surface area contributed by atoms with Gasteiger partial charge in [0.15, 0.2) is 0 Å². The Hall–Kier alpha value is -1.26. The fourth-order valence-corrected chi connectivity index (χ4v) is 1.33. The van der Waals surface area contributed by atoms with Crippen molar-refractivity contribution in [3.63, 3.8) is 0 Å². The van der Waals surface area contributed by atoms with Crippen molar-refractivity contribution in [3.8, 4) is 5.75 Å². The van der Waals surface area contributed by atoms with Crippen LogP contribution in [0.1, 0.15) is 0 Å². The number of phenols is 1. The summed E-state index contributed by atoms with van der Waals surface area (Å²) in [6.07, 6.45) is 0. The van der Waals surface area contributed by atoms with Gasteiger partial charge in [-0.1, -0.05) is 12.1 Å². The summed E-state index contributed by atoms with van der Waals surface area (Å²) in [5, 5.41) is 27.2. The van der Waals surface area contributed by atoms with Gasteiger partial charge in [0.2, 0.25) is 0 Å². The van der Waals surface area contributed by atoms with Gasteiger partial charge in [-0.25, -0.2) is 0 Å². The van der Waals surface area contributed by atoms with Crippen LogP contribution in [0.2, 0.25) is 0 Å². The van der Waals surface area contributed by atoms with E-state index in [1.54, 1.807) is 29.2 Å². The van der Waals surface area contributed by atoms with E-state index >= 15 is 0 Å². The Labute approximate surface area is 83.0 Å². The summed E-state index contributed by atoms with van der Waals surface area (Å²) in [4.78, 5) is 1.73. The molecule has 0 aromatic heterocycles. The maximum absolute atomic E-state index is 9.53. The number of hydrogen-bond acceptors (Lipinski definition) is 4. The molecule has 0 heterocycles. The van der Waals surface area contributed by atoms with Gasteiger partial charge in [-0.15, -0.1) is 0 Å². The molecule has 78 valence electrons. The summed E-state index contributed by atoms with van der Waals surface area (Å²) in [7, 11) is 0. The molecule has 1 aromatic rings. The first-order chi connectivity index (χ1) is 6.79. The number of phenolic OH excluding ortho intramolecular Hbond substituents is 1. The predicted octanol–water partition coefficient (Wildman–Crippen LogP) is 0.183. The first kappa shape index (κ1) is 10.8. The molecule has 0 amide bonds. The highest BCUT2D eigenvalue weighted by molar-refractivity contribution is 5.57. The molecule has 4 heteroatoms. The van der Waals surface area contributed by atoms with Gasteiger partial charge in [0, 0.05) is 13.1 Å². The molecule has 1 aromatic carbocycles. The zero-order valence-corrected chi connectivity index (χ0v) is 7.93.